The summed E-state index contributed by atoms with van der Waals surface area (Å²) in [6, 6.07) is 5.13. The van der Waals surface area contributed by atoms with E-state index in [0.29, 0.717) is 15.6 Å². The Bertz CT molecular complexity index is 389. The second-order valence-electron chi connectivity index (χ2n) is 4.04. The van der Waals surface area contributed by atoms with Crippen LogP contribution in [0.3, 0.4) is 0 Å². The summed E-state index contributed by atoms with van der Waals surface area (Å²) in [5.41, 5.74) is 0.652. The summed E-state index contributed by atoms with van der Waals surface area (Å²) in [7, 11) is 0. The summed E-state index contributed by atoms with van der Waals surface area (Å²) in [5, 5.41) is 10.4. The van der Waals surface area contributed by atoms with Gasteiger partial charge in [0.1, 0.15) is 6.10 Å². The third-order valence-electron chi connectivity index (χ3n) is 2.36. The first-order valence-electron chi connectivity index (χ1n) is 5.07. The van der Waals surface area contributed by atoms with Crippen molar-refractivity contribution in [1.29, 1.82) is 0 Å². The molecule has 0 amide bonds. The van der Waals surface area contributed by atoms with E-state index in [-0.39, 0.29) is 18.1 Å². The first kappa shape index (κ1) is 13.5. The number of aliphatic hydroxyl groups is 1. The van der Waals surface area contributed by atoms with Gasteiger partial charge in [-0.3, -0.25) is 4.79 Å². The first-order valence-corrected chi connectivity index (χ1v) is 5.82. The maximum atomic E-state index is 11.7. The zero-order chi connectivity index (χ0) is 12.3. The lowest BCUT2D eigenvalue weighted by molar-refractivity contribution is -0.128. The van der Waals surface area contributed by atoms with E-state index in [1.165, 1.54) is 0 Å². The van der Waals surface area contributed by atoms with Gasteiger partial charge in [-0.2, -0.15) is 0 Å². The van der Waals surface area contributed by atoms with Crippen molar-refractivity contribution in [2.45, 2.75) is 26.4 Å². The van der Waals surface area contributed by atoms with Gasteiger partial charge in [-0.1, -0.05) is 49.2 Å². The van der Waals surface area contributed by atoms with Crippen LogP contribution in [0, 0.1) is 5.92 Å². The van der Waals surface area contributed by atoms with Gasteiger partial charge in [0.25, 0.3) is 0 Å². The number of Topliss-reactive ketones (excluding diaryl/α,β-unsaturated/α-hetero) is 1. The molecule has 4 heteroatoms. The molecule has 0 spiro atoms. The Labute approximate surface area is 105 Å². The Balaban J connectivity index is 2.81. The standard InChI is InChI=1S/C12H14Cl2O2/c1-7(2)12(16)10(15)6-8-4-3-5-9(13)11(8)14/h3-5,7,12,16H,6H2,1-2H3. The monoisotopic (exact) mass is 260 g/mol. The number of aliphatic hydroxyl groups excluding tert-OH is 1. The molecule has 0 heterocycles. The Morgan fingerprint density at radius 2 is 2.00 bits per heavy atom. The predicted octanol–water partition coefficient (Wildman–Crippen LogP) is 3.12. The van der Waals surface area contributed by atoms with Gasteiger partial charge in [0.05, 0.1) is 10.0 Å². The van der Waals surface area contributed by atoms with Crippen molar-refractivity contribution in [3.8, 4) is 0 Å². The molecule has 0 aliphatic carbocycles. The smallest absolute Gasteiger partial charge is 0.165 e. The summed E-state index contributed by atoms with van der Waals surface area (Å²) >= 11 is 11.8. The molecule has 0 saturated heterocycles. The molecule has 0 bridgehead atoms. The van der Waals surface area contributed by atoms with Crippen molar-refractivity contribution in [1.82, 2.24) is 0 Å². The van der Waals surface area contributed by atoms with Gasteiger partial charge in [0.15, 0.2) is 5.78 Å². The minimum Gasteiger partial charge on any atom is -0.385 e. The molecule has 2 nitrogen and oxygen atoms in total. The van der Waals surface area contributed by atoms with Crippen LogP contribution in [0.4, 0.5) is 0 Å². The van der Waals surface area contributed by atoms with E-state index in [4.69, 9.17) is 23.2 Å². The van der Waals surface area contributed by atoms with Crippen LogP contribution in [-0.2, 0) is 11.2 Å². The number of rotatable bonds is 4. The molecule has 16 heavy (non-hydrogen) atoms. The third-order valence-corrected chi connectivity index (χ3v) is 3.22. The number of carbonyl (C=O) groups excluding carboxylic acids is 1. The lowest BCUT2D eigenvalue weighted by atomic mass is 9.98. The summed E-state index contributed by atoms with van der Waals surface area (Å²) < 4.78 is 0. The maximum absolute atomic E-state index is 11.7. The summed E-state index contributed by atoms with van der Waals surface area (Å²) in [5.74, 6) is -0.329. The molecule has 1 aromatic rings. The average Bonchev–Trinajstić information content (AvgIpc) is 2.23. The molecule has 0 radical (unpaired) electrons. The molecule has 1 atom stereocenters. The van der Waals surface area contributed by atoms with Crippen LogP contribution >= 0.6 is 23.2 Å². The zero-order valence-electron chi connectivity index (χ0n) is 9.21. The second-order valence-corrected chi connectivity index (χ2v) is 4.83. The van der Waals surface area contributed by atoms with Gasteiger partial charge in [0.2, 0.25) is 0 Å². The van der Waals surface area contributed by atoms with Crippen molar-refractivity contribution in [2.75, 3.05) is 0 Å². The fourth-order valence-electron chi connectivity index (χ4n) is 1.35. The van der Waals surface area contributed by atoms with Crippen LogP contribution in [0.2, 0.25) is 10.0 Å². The molecule has 0 aliphatic heterocycles. The number of hydrogen-bond acceptors (Lipinski definition) is 2. The summed E-state index contributed by atoms with van der Waals surface area (Å²) in [6.07, 6.45) is -0.839. The number of hydrogen-bond donors (Lipinski definition) is 1. The fourth-order valence-corrected chi connectivity index (χ4v) is 1.74. The largest absolute Gasteiger partial charge is 0.385 e. The highest BCUT2D eigenvalue weighted by molar-refractivity contribution is 6.42. The van der Waals surface area contributed by atoms with Crippen molar-refractivity contribution in [3.63, 3.8) is 0 Å². The highest BCUT2D eigenvalue weighted by Crippen LogP contribution is 2.26. The minimum atomic E-state index is -0.949. The highest BCUT2D eigenvalue weighted by Gasteiger charge is 2.20. The van der Waals surface area contributed by atoms with Crippen molar-refractivity contribution in [3.05, 3.63) is 33.8 Å². The van der Waals surface area contributed by atoms with E-state index in [1.54, 1.807) is 32.0 Å². The molecule has 1 rings (SSSR count). The van der Waals surface area contributed by atoms with Crippen LogP contribution in [0.1, 0.15) is 19.4 Å². The van der Waals surface area contributed by atoms with Crippen LogP contribution in [-0.4, -0.2) is 17.0 Å². The normalized spacial score (nSPS) is 12.9. The Morgan fingerprint density at radius 1 is 1.38 bits per heavy atom. The first-order chi connectivity index (χ1) is 7.43. The number of benzene rings is 1. The lowest BCUT2D eigenvalue weighted by Crippen LogP contribution is -2.27. The van der Waals surface area contributed by atoms with Crippen LogP contribution < -0.4 is 0 Å². The van der Waals surface area contributed by atoms with E-state index < -0.39 is 6.10 Å². The number of halogens is 2. The van der Waals surface area contributed by atoms with E-state index in [9.17, 15) is 9.90 Å². The van der Waals surface area contributed by atoms with Gasteiger partial charge >= 0.3 is 0 Å². The van der Waals surface area contributed by atoms with Crippen molar-refractivity contribution >= 4 is 29.0 Å². The molecule has 0 aromatic heterocycles. The Hall–Kier alpha value is -0.570. The predicted molar refractivity (Wildman–Crippen MR) is 66.0 cm³/mol. The van der Waals surface area contributed by atoms with E-state index in [2.05, 4.69) is 0 Å². The molecule has 1 unspecified atom stereocenters. The SMILES string of the molecule is CC(C)C(O)C(=O)Cc1cccc(Cl)c1Cl. The van der Waals surface area contributed by atoms with Gasteiger partial charge in [-0.05, 0) is 17.5 Å². The van der Waals surface area contributed by atoms with E-state index in [1.807, 2.05) is 0 Å². The van der Waals surface area contributed by atoms with Crippen LogP contribution in [0.5, 0.6) is 0 Å². The summed E-state index contributed by atoms with van der Waals surface area (Å²) in [6.45, 7) is 3.59. The van der Waals surface area contributed by atoms with Crippen molar-refractivity contribution < 1.29 is 9.90 Å². The van der Waals surface area contributed by atoms with E-state index >= 15 is 0 Å². The van der Waals surface area contributed by atoms with Crippen LogP contribution in [0.25, 0.3) is 0 Å². The number of ketones is 1. The van der Waals surface area contributed by atoms with Crippen molar-refractivity contribution in [2.24, 2.45) is 5.92 Å². The second kappa shape index (κ2) is 5.67. The maximum Gasteiger partial charge on any atom is 0.165 e. The Kier molecular flexibility index (Phi) is 4.78. The molecular weight excluding hydrogens is 247 g/mol. The zero-order valence-corrected chi connectivity index (χ0v) is 10.7. The minimum absolute atomic E-state index is 0.0922. The summed E-state index contributed by atoms with van der Waals surface area (Å²) in [4.78, 5) is 11.7. The highest BCUT2D eigenvalue weighted by atomic mass is 35.5. The molecule has 1 N–H and O–H groups in total. The quantitative estimate of drug-likeness (QED) is 0.904. The van der Waals surface area contributed by atoms with Gasteiger partial charge < -0.3 is 5.11 Å². The molecule has 88 valence electrons. The Morgan fingerprint density at radius 3 is 2.56 bits per heavy atom. The fraction of sp³-hybridized carbons (Fsp3) is 0.417. The molecular formula is C12H14Cl2O2. The molecule has 0 saturated carbocycles. The topological polar surface area (TPSA) is 37.3 Å². The average molecular weight is 261 g/mol. The van der Waals surface area contributed by atoms with Crippen LogP contribution in [0.15, 0.2) is 18.2 Å². The molecule has 0 aliphatic rings. The molecule has 1 aromatic carbocycles. The van der Waals surface area contributed by atoms with Gasteiger partial charge in [-0.15, -0.1) is 0 Å². The lowest BCUT2D eigenvalue weighted by Gasteiger charge is -2.13. The van der Waals surface area contributed by atoms with E-state index in [0.717, 1.165) is 0 Å². The molecule has 0 fully saturated rings. The third kappa shape index (κ3) is 3.21. The number of carbonyl (C=O) groups is 1. The van der Waals surface area contributed by atoms with Gasteiger partial charge in [-0.25, -0.2) is 0 Å². The van der Waals surface area contributed by atoms with Gasteiger partial charge in [0, 0.05) is 6.42 Å².